The molecule has 0 saturated heterocycles. The highest BCUT2D eigenvalue weighted by Gasteiger charge is 2.34. The highest BCUT2D eigenvalue weighted by Crippen LogP contribution is 2.24. The van der Waals surface area contributed by atoms with Gasteiger partial charge in [0.2, 0.25) is 0 Å². The zero-order valence-corrected chi connectivity index (χ0v) is 8.00. The van der Waals surface area contributed by atoms with Crippen molar-refractivity contribution in [2.45, 2.75) is 46.1 Å². The van der Waals surface area contributed by atoms with Crippen molar-refractivity contribution in [1.29, 1.82) is 0 Å². The molecule has 3 heteroatoms. The summed E-state index contributed by atoms with van der Waals surface area (Å²) in [5.74, 6) is -0.939. The summed E-state index contributed by atoms with van der Waals surface area (Å²) in [6.45, 7) is 5.12. The van der Waals surface area contributed by atoms with Gasteiger partial charge in [-0.3, -0.25) is 4.79 Å². The predicted molar refractivity (Wildman–Crippen MR) is 46.9 cm³/mol. The van der Waals surface area contributed by atoms with Crippen LogP contribution < -0.4 is 0 Å². The highest BCUT2D eigenvalue weighted by molar-refractivity contribution is 5.74. The van der Waals surface area contributed by atoms with Gasteiger partial charge in [0.1, 0.15) is 0 Å². The number of carbonyl (C=O) groups is 1. The Labute approximate surface area is 73.4 Å². The highest BCUT2D eigenvalue weighted by atomic mass is 16.4. The number of carboxylic acids is 1. The summed E-state index contributed by atoms with van der Waals surface area (Å²) in [7, 11) is 0. The zero-order valence-electron chi connectivity index (χ0n) is 8.00. The van der Waals surface area contributed by atoms with E-state index in [2.05, 4.69) is 0 Å². The Morgan fingerprint density at radius 2 is 2.00 bits per heavy atom. The van der Waals surface area contributed by atoms with Crippen LogP contribution in [-0.2, 0) is 4.79 Å². The molecule has 0 saturated carbocycles. The second kappa shape index (κ2) is 4.45. The number of hydrogen-bond donors (Lipinski definition) is 2. The lowest BCUT2D eigenvalue weighted by molar-refractivity contribution is -0.153. The fourth-order valence-electron chi connectivity index (χ4n) is 0.901. The van der Waals surface area contributed by atoms with Crippen LogP contribution in [0.2, 0.25) is 0 Å². The van der Waals surface area contributed by atoms with Crippen LogP contribution in [0.4, 0.5) is 0 Å². The van der Waals surface area contributed by atoms with Gasteiger partial charge >= 0.3 is 5.97 Å². The van der Waals surface area contributed by atoms with Crippen molar-refractivity contribution < 1.29 is 15.0 Å². The standard InChI is InChI=1S/C9H18O3/c1-4-5-6-7(10)9(2,3)8(11)12/h7,10H,4-6H2,1-3H3,(H,11,12). The van der Waals surface area contributed by atoms with Crippen LogP contribution in [0.3, 0.4) is 0 Å². The van der Waals surface area contributed by atoms with Crippen LogP contribution in [0.15, 0.2) is 0 Å². The SMILES string of the molecule is CCCCC(O)C(C)(C)C(=O)O. The van der Waals surface area contributed by atoms with Gasteiger partial charge in [-0.2, -0.15) is 0 Å². The molecular formula is C9H18O3. The first-order valence-electron chi connectivity index (χ1n) is 4.34. The van der Waals surface area contributed by atoms with Gasteiger partial charge in [-0.1, -0.05) is 19.8 Å². The quantitative estimate of drug-likeness (QED) is 0.666. The average molecular weight is 174 g/mol. The summed E-state index contributed by atoms with van der Waals surface area (Å²) in [6, 6.07) is 0. The van der Waals surface area contributed by atoms with Crippen molar-refractivity contribution in [2.24, 2.45) is 5.41 Å². The molecule has 0 aromatic heterocycles. The van der Waals surface area contributed by atoms with E-state index in [4.69, 9.17) is 5.11 Å². The third-order valence-corrected chi connectivity index (χ3v) is 2.22. The van der Waals surface area contributed by atoms with Crippen molar-refractivity contribution in [3.8, 4) is 0 Å². The molecule has 72 valence electrons. The number of hydrogen-bond acceptors (Lipinski definition) is 2. The Kier molecular flexibility index (Phi) is 4.24. The Bertz CT molecular complexity index is 152. The Hall–Kier alpha value is -0.570. The Balaban J connectivity index is 4.06. The molecule has 0 rings (SSSR count). The summed E-state index contributed by atoms with van der Waals surface area (Å²) in [5.41, 5.74) is -1.02. The van der Waals surface area contributed by atoms with E-state index in [-0.39, 0.29) is 0 Å². The van der Waals surface area contributed by atoms with Crippen molar-refractivity contribution in [2.75, 3.05) is 0 Å². The number of aliphatic hydroxyl groups is 1. The molecule has 0 bridgehead atoms. The second-order valence-corrected chi connectivity index (χ2v) is 3.68. The normalized spacial score (nSPS) is 14.3. The van der Waals surface area contributed by atoms with E-state index < -0.39 is 17.5 Å². The molecule has 0 aromatic carbocycles. The van der Waals surface area contributed by atoms with Crippen molar-refractivity contribution in [1.82, 2.24) is 0 Å². The van der Waals surface area contributed by atoms with E-state index in [0.717, 1.165) is 12.8 Å². The molecule has 0 heterocycles. The lowest BCUT2D eigenvalue weighted by atomic mass is 9.84. The van der Waals surface area contributed by atoms with E-state index in [1.165, 1.54) is 0 Å². The van der Waals surface area contributed by atoms with Gasteiger partial charge in [-0.05, 0) is 20.3 Å². The summed E-state index contributed by atoms with van der Waals surface area (Å²) in [6.07, 6.45) is 1.68. The first-order valence-corrected chi connectivity index (χ1v) is 4.34. The number of aliphatic carboxylic acids is 1. The van der Waals surface area contributed by atoms with Crippen molar-refractivity contribution >= 4 is 5.97 Å². The smallest absolute Gasteiger partial charge is 0.311 e. The van der Waals surface area contributed by atoms with Gasteiger partial charge < -0.3 is 10.2 Å². The van der Waals surface area contributed by atoms with Gasteiger partial charge in [0.05, 0.1) is 11.5 Å². The summed E-state index contributed by atoms with van der Waals surface area (Å²) in [4.78, 5) is 10.7. The maximum absolute atomic E-state index is 10.7. The second-order valence-electron chi connectivity index (χ2n) is 3.68. The topological polar surface area (TPSA) is 57.5 Å². The molecule has 1 unspecified atom stereocenters. The molecule has 0 amide bonds. The summed E-state index contributed by atoms with van der Waals surface area (Å²) in [5, 5.41) is 18.2. The van der Waals surface area contributed by atoms with Crippen molar-refractivity contribution in [3.05, 3.63) is 0 Å². The van der Waals surface area contributed by atoms with Gasteiger partial charge in [-0.15, -0.1) is 0 Å². The van der Waals surface area contributed by atoms with Gasteiger partial charge in [0.25, 0.3) is 0 Å². The van der Waals surface area contributed by atoms with Crippen molar-refractivity contribution in [3.63, 3.8) is 0 Å². The van der Waals surface area contributed by atoms with E-state index in [9.17, 15) is 9.90 Å². The largest absolute Gasteiger partial charge is 0.481 e. The molecular weight excluding hydrogens is 156 g/mol. The minimum atomic E-state index is -1.02. The molecule has 0 aliphatic rings. The fraction of sp³-hybridized carbons (Fsp3) is 0.889. The molecule has 12 heavy (non-hydrogen) atoms. The van der Waals surface area contributed by atoms with Gasteiger partial charge in [-0.25, -0.2) is 0 Å². The molecule has 3 nitrogen and oxygen atoms in total. The Morgan fingerprint density at radius 1 is 1.50 bits per heavy atom. The van der Waals surface area contributed by atoms with Crippen LogP contribution in [0.1, 0.15) is 40.0 Å². The number of rotatable bonds is 5. The van der Waals surface area contributed by atoms with E-state index in [0.29, 0.717) is 6.42 Å². The Morgan fingerprint density at radius 3 is 2.33 bits per heavy atom. The number of carboxylic acid groups (broad SMARTS) is 1. The lowest BCUT2D eigenvalue weighted by Gasteiger charge is -2.25. The average Bonchev–Trinajstić information content (AvgIpc) is 1.99. The maximum Gasteiger partial charge on any atom is 0.311 e. The maximum atomic E-state index is 10.7. The molecule has 0 aliphatic carbocycles. The van der Waals surface area contributed by atoms with Crippen LogP contribution in [-0.4, -0.2) is 22.3 Å². The number of unbranched alkanes of at least 4 members (excludes halogenated alkanes) is 1. The molecule has 0 aromatic rings. The first-order chi connectivity index (χ1) is 5.42. The monoisotopic (exact) mass is 174 g/mol. The van der Waals surface area contributed by atoms with Crippen LogP contribution in [0, 0.1) is 5.41 Å². The third-order valence-electron chi connectivity index (χ3n) is 2.22. The van der Waals surface area contributed by atoms with Crippen LogP contribution in [0.5, 0.6) is 0 Å². The van der Waals surface area contributed by atoms with Gasteiger partial charge in [0.15, 0.2) is 0 Å². The molecule has 1 atom stereocenters. The van der Waals surface area contributed by atoms with E-state index >= 15 is 0 Å². The fourth-order valence-corrected chi connectivity index (χ4v) is 0.901. The molecule has 0 aliphatic heterocycles. The predicted octanol–water partition coefficient (Wildman–Crippen LogP) is 1.65. The van der Waals surface area contributed by atoms with E-state index in [1.54, 1.807) is 13.8 Å². The molecule has 0 radical (unpaired) electrons. The minimum Gasteiger partial charge on any atom is -0.481 e. The van der Waals surface area contributed by atoms with Crippen LogP contribution >= 0.6 is 0 Å². The molecule has 0 fully saturated rings. The van der Waals surface area contributed by atoms with Gasteiger partial charge in [0, 0.05) is 0 Å². The lowest BCUT2D eigenvalue weighted by Crippen LogP contribution is -2.36. The third kappa shape index (κ3) is 2.81. The summed E-state index contributed by atoms with van der Waals surface area (Å²) < 4.78 is 0. The van der Waals surface area contributed by atoms with E-state index in [1.807, 2.05) is 6.92 Å². The van der Waals surface area contributed by atoms with Crippen LogP contribution in [0.25, 0.3) is 0 Å². The zero-order chi connectivity index (χ0) is 9.78. The minimum absolute atomic E-state index is 0.565. The number of aliphatic hydroxyl groups excluding tert-OH is 1. The molecule has 2 N–H and O–H groups in total. The molecule has 0 spiro atoms. The summed E-state index contributed by atoms with van der Waals surface area (Å²) >= 11 is 0. The first kappa shape index (κ1) is 11.4.